The molecule has 2 rings (SSSR count). The Hall–Kier alpha value is -1.62. The lowest BCUT2D eigenvalue weighted by atomic mass is 10.1. The van der Waals surface area contributed by atoms with Crippen molar-refractivity contribution in [2.75, 3.05) is 5.32 Å². The van der Waals surface area contributed by atoms with Gasteiger partial charge in [0.15, 0.2) is 0 Å². The number of halogens is 1. The highest BCUT2D eigenvalue weighted by Gasteiger charge is 2.13. The van der Waals surface area contributed by atoms with Crippen LogP contribution < -0.4 is 5.32 Å². The molecule has 1 amide bonds. The molecule has 0 unspecified atom stereocenters. The summed E-state index contributed by atoms with van der Waals surface area (Å²) < 4.78 is 0.820. The number of rotatable bonds is 3. The van der Waals surface area contributed by atoms with Gasteiger partial charge in [-0.05, 0) is 40.9 Å². The number of aromatic nitrogens is 2. The monoisotopic (exact) mass is 307 g/mol. The van der Waals surface area contributed by atoms with E-state index in [-0.39, 0.29) is 5.91 Å². The van der Waals surface area contributed by atoms with Gasteiger partial charge in [-0.1, -0.05) is 19.1 Å². The highest BCUT2D eigenvalue weighted by Crippen LogP contribution is 2.22. The zero-order chi connectivity index (χ0) is 13.1. The summed E-state index contributed by atoms with van der Waals surface area (Å²) in [5, 5.41) is 9.56. The molecule has 0 saturated heterocycles. The zero-order valence-electron chi connectivity index (χ0n) is 10.2. The van der Waals surface area contributed by atoms with Crippen LogP contribution in [0, 0.1) is 6.92 Å². The number of nitrogens with one attached hydrogen (secondary N) is 2. The van der Waals surface area contributed by atoms with E-state index in [0.29, 0.717) is 11.4 Å². The van der Waals surface area contributed by atoms with Crippen LogP contribution in [0.3, 0.4) is 0 Å². The predicted molar refractivity (Wildman–Crippen MR) is 74.8 cm³/mol. The number of hydrogen-bond acceptors (Lipinski definition) is 2. The topological polar surface area (TPSA) is 57.8 Å². The Morgan fingerprint density at radius 1 is 1.50 bits per heavy atom. The van der Waals surface area contributed by atoms with E-state index in [2.05, 4.69) is 31.4 Å². The Bertz CT molecular complexity index is 577. The van der Waals surface area contributed by atoms with Gasteiger partial charge in [0.25, 0.3) is 5.91 Å². The number of benzene rings is 1. The lowest BCUT2D eigenvalue weighted by Gasteiger charge is -2.08. The number of aromatic amines is 1. The molecule has 0 spiro atoms. The fraction of sp³-hybridized carbons (Fsp3) is 0.231. The highest BCUT2D eigenvalue weighted by atomic mass is 79.9. The van der Waals surface area contributed by atoms with Crippen LogP contribution in [0.2, 0.25) is 0 Å². The molecule has 0 aliphatic rings. The molecule has 4 nitrogen and oxygen atoms in total. The van der Waals surface area contributed by atoms with Crippen LogP contribution in [0.15, 0.2) is 28.9 Å². The molecule has 0 saturated carbocycles. The van der Waals surface area contributed by atoms with Crippen LogP contribution in [0.1, 0.15) is 28.4 Å². The van der Waals surface area contributed by atoms with Crippen LogP contribution in [-0.2, 0) is 6.42 Å². The Morgan fingerprint density at radius 2 is 2.28 bits per heavy atom. The number of H-pyrrole nitrogens is 1. The fourth-order valence-corrected chi connectivity index (χ4v) is 2.14. The summed E-state index contributed by atoms with van der Waals surface area (Å²) in [5.74, 6) is 0.514. The average Bonchev–Trinajstić information content (AvgIpc) is 2.79. The van der Waals surface area contributed by atoms with Gasteiger partial charge in [-0.25, -0.2) is 0 Å². The molecule has 0 aliphatic carbocycles. The molecule has 0 atom stereocenters. The molecular formula is C13H14BrN3O. The van der Waals surface area contributed by atoms with Crippen LogP contribution in [-0.4, -0.2) is 16.1 Å². The van der Waals surface area contributed by atoms with Crippen molar-refractivity contribution in [3.05, 3.63) is 45.6 Å². The van der Waals surface area contributed by atoms with Gasteiger partial charge in [-0.2, -0.15) is 5.10 Å². The molecule has 94 valence electrons. The zero-order valence-corrected chi connectivity index (χ0v) is 11.8. The molecule has 2 N–H and O–H groups in total. The van der Waals surface area contributed by atoms with E-state index >= 15 is 0 Å². The fourth-order valence-electron chi connectivity index (χ4n) is 1.69. The molecule has 1 aromatic carbocycles. The third-order valence-electron chi connectivity index (χ3n) is 2.77. The minimum absolute atomic E-state index is 0.149. The average molecular weight is 308 g/mol. The van der Waals surface area contributed by atoms with Gasteiger partial charge in [-0.15, -0.1) is 0 Å². The van der Waals surface area contributed by atoms with Crippen molar-refractivity contribution in [1.29, 1.82) is 0 Å². The molecule has 5 heteroatoms. The Labute approximate surface area is 114 Å². The second kappa shape index (κ2) is 5.35. The Morgan fingerprint density at radius 3 is 3.00 bits per heavy atom. The van der Waals surface area contributed by atoms with E-state index in [9.17, 15) is 4.79 Å². The summed E-state index contributed by atoms with van der Waals surface area (Å²) in [4.78, 5) is 12.2. The Kier molecular flexibility index (Phi) is 3.81. The lowest BCUT2D eigenvalue weighted by molar-refractivity contribution is 0.102. The number of carbonyl (C=O) groups is 1. The van der Waals surface area contributed by atoms with Gasteiger partial charge in [-0.3, -0.25) is 9.89 Å². The van der Waals surface area contributed by atoms with Gasteiger partial charge in [0.2, 0.25) is 0 Å². The number of aryl methyl sites for hydroxylation is 2. The molecule has 18 heavy (non-hydrogen) atoms. The summed E-state index contributed by atoms with van der Waals surface area (Å²) in [6.45, 7) is 3.97. The second-order valence-corrected chi connectivity index (χ2v) is 4.81. The highest BCUT2D eigenvalue weighted by molar-refractivity contribution is 9.10. The summed E-state index contributed by atoms with van der Waals surface area (Å²) in [5.41, 5.74) is 2.64. The molecular weight excluding hydrogens is 294 g/mol. The maximum atomic E-state index is 12.2. The van der Waals surface area contributed by atoms with Gasteiger partial charge in [0, 0.05) is 10.0 Å². The van der Waals surface area contributed by atoms with Crippen molar-refractivity contribution in [3.63, 3.8) is 0 Å². The number of anilines is 1. The largest absolute Gasteiger partial charge is 0.307 e. The number of hydrogen-bond donors (Lipinski definition) is 2. The van der Waals surface area contributed by atoms with Crippen LogP contribution in [0.5, 0.6) is 0 Å². The maximum absolute atomic E-state index is 12.2. The smallest absolute Gasteiger partial charge is 0.257 e. The van der Waals surface area contributed by atoms with Crippen molar-refractivity contribution < 1.29 is 4.79 Å². The summed E-state index contributed by atoms with van der Waals surface area (Å²) >= 11 is 3.43. The SMILES string of the molecule is CCc1cn[nH]c1NC(=O)c1cccc(C)c1Br. The minimum atomic E-state index is -0.149. The molecule has 1 heterocycles. The van der Waals surface area contributed by atoms with Crippen molar-refractivity contribution in [2.45, 2.75) is 20.3 Å². The van der Waals surface area contributed by atoms with Gasteiger partial charge in [0.1, 0.15) is 5.82 Å². The molecule has 2 aromatic rings. The first-order chi connectivity index (χ1) is 8.63. The summed E-state index contributed by atoms with van der Waals surface area (Å²) in [6.07, 6.45) is 2.54. The third kappa shape index (κ3) is 2.46. The van der Waals surface area contributed by atoms with E-state index in [4.69, 9.17) is 0 Å². The molecule has 0 radical (unpaired) electrons. The summed E-state index contributed by atoms with van der Waals surface area (Å²) in [6, 6.07) is 5.60. The normalized spacial score (nSPS) is 10.4. The molecule has 1 aromatic heterocycles. The first kappa shape index (κ1) is 12.8. The molecule has 0 aliphatic heterocycles. The van der Waals surface area contributed by atoms with Crippen LogP contribution in [0.4, 0.5) is 5.82 Å². The summed E-state index contributed by atoms with van der Waals surface area (Å²) in [7, 11) is 0. The first-order valence-electron chi connectivity index (χ1n) is 5.72. The molecule has 0 bridgehead atoms. The standard InChI is InChI=1S/C13H14BrN3O/c1-3-9-7-15-17-12(9)16-13(18)10-6-4-5-8(2)11(10)14/h4-7H,3H2,1-2H3,(H2,15,16,17,18). The third-order valence-corrected chi connectivity index (χ3v) is 3.83. The number of carbonyl (C=O) groups excluding carboxylic acids is 1. The first-order valence-corrected chi connectivity index (χ1v) is 6.51. The van der Waals surface area contributed by atoms with E-state index in [1.807, 2.05) is 26.0 Å². The van der Waals surface area contributed by atoms with Gasteiger partial charge in [0.05, 0.1) is 11.8 Å². The van der Waals surface area contributed by atoms with Crippen molar-refractivity contribution in [1.82, 2.24) is 10.2 Å². The van der Waals surface area contributed by atoms with Crippen molar-refractivity contribution >= 4 is 27.7 Å². The minimum Gasteiger partial charge on any atom is -0.307 e. The predicted octanol–water partition coefficient (Wildman–Crippen LogP) is 3.30. The van der Waals surface area contributed by atoms with Gasteiger partial charge >= 0.3 is 0 Å². The van der Waals surface area contributed by atoms with Crippen LogP contribution in [0.25, 0.3) is 0 Å². The van der Waals surface area contributed by atoms with Crippen LogP contribution >= 0.6 is 15.9 Å². The van der Waals surface area contributed by atoms with Gasteiger partial charge < -0.3 is 5.32 Å². The number of nitrogens with zero attached hydrogens (tertiary/aromatic N) is 1. The van der Waals surface area contributed by atoms with E-state index in [0.717, 1.165) is 22.0 Å². The Balaban J connectivity index is 2.25. The second-order valence-electron chi connectivity index (χ2n) is 4.01. The van der Waals surface area contributed by atoms with E-state index < -0.39 is 0 Å². The number of amides is 1. The molecule has 0 fully saturated rings. The van der Waals surface area contributed by atoms with Crippen molar-refractivity contribution in [2.24, 2.45) is 0 Å². The van der Waals surface area contributed by atoms with Crippen molar-refractivity contribution in [3.8, 4) is 0 Å². The van der Waals surface area contributed by atoms with E-state index in [1.54, 1.807) is 12.3 Å². The maximum Gasteiger partial charge on any atom is 0.257 e. The van der Waals surface area contributed by atoms with E-state index in [1.165, 1.54) is 0 Å². The lowest BCUT2D eigenvalue weighted by Crippen LogP contribution is -2.14. The quantitative estimate of drug-likeness (QED) is 0.914.